The summed E-state index contributed by atoms with van der Waals surface area (Å²) < 4.78 is 26.5. The van der Waals surface area contributed by atoms with E-state index in [-0.39, 0.29) is 30.8 Å². The van der Waals surface area contributed by atoms with Crippen molar-refractivity contribution >= 4 is 22.0 Å². The Labute approximate surface area is 135 Å². The molecule has 2 heterocycles. The standard InChI is InChI=1S/C15H19N3O4S/c1-11-3-2-4-12(7-11)10-23(21,22)17-6-5-13(9-17)18-14(19)8-16-15(18)20/h2-4,7,13H,5-6,8-10H2,1H3,(H,16,20)/t13-/m0/s1. The van der Waals surface area contributed by atoms with Crippen LogP contribution in [0.25, 0.3) is 0 Å². The highest BCUT2D eigenvalue weighted by atomic mass is 32.2. The number of aryl methyl sites for hydroxylation is 1. The minimum absolute atomic E-state index is 0.00856. The van der Waals surface area contributed by atoms with E-state index >= 15 is 0 Å². The second-order valence-electron chi connectivity index (χ2n) is 5.97. The summed E-state index contributed by atoms with van der Waals surface area (Å²) >= 11 is 0. The van der Waals surface area contributed by atoms with Crippen LogP contribution in [-0.2, 0) is 20.6 Å². The molecule has 0 radical (unpaired) electrons. The summed E-state index contributed by atoms with van der Waals surface area (Å²) in [4.78, 5) is 24.6. The van der Waals surface area contributed by atoms with Crippen molar-refractivity contribution in [2.45, 2.75) is 25.1 Å². The van der Waals surface area contributed by atoms with E-state index in [1.165, 1.54) is 4.31 Å². The number of benzene rings is 1. The highest BCUT2D eigenvalue weighted by Gasteiger charge is 2.41. The van der Waals surface area contributed by atoms with Gasteiger partial charge in [0, 0.05) is 13.1 Å². The van der Waals surface area contributed by atoms with E-state index < -0.39 is 16.1 Å². The first kappa shape index (κ1) is 15.9. The molecule has 1 atom stereocenters. The van der Waals surface area contributed by atoms with Gasteiger partial charge in [0.2, 0.25) is 15.9 Å². The largest absolute Gasteiger partial charge is 0.329 e. The molecule has 0 aliphatic carbocycles. The van der Waals surface area contributed by atoms with Gasteiger partial charge >= 0.3 is 6.03 Å². The van der Waals surface area contributed by atoms with Gasteiger partial charge in [-0.25, -0.2) is 13.2 Å². The Hall–Kier alpha value is -1.93. The number of urea groups is 1. The number of carbonyl (C=O) groups excluding carboxylic acids is 2. The lowest BCUT2D eigenvalue weighted by Gasteiger charge is -2.21. The molecule has 124 valence electrons. The van der Waals surface area contributed by atoms with Crippen LogP contribution in [0.1, 0.15) is 17.5 Å². The fraction of sp³-hybridized carbons (Fsp3) is 0.467. The molecule has 0 spiro atoms. The molecule has 3 amide bonds. The minimum atomic E-state index is -3.46. The van der Waals surface area contributed by atoms with Crippen molar-refractivity contribution in [2.75, 3.05) is 19.6 Å². The molecule has 0 aromatic heterocycles. The summed E-state index contributed by atoms with van der Waals surface area (Å²) in [6.45, 7) is 2.41. The van der Waals surface area contributed by atoms with Gasteiger partial charge in [0.1, 0.15) is 0 Å². The van der Waals surface area contributed by atoms with Crippen LogP contribution >= 0.6 is 0 Å². The van der Waals surface area contributed by atoms with Crippen LogP contribution in [0, 0.1) is 6.92 Å². The first-order valence-corrected chi connectivity index (χ1v) is 9.11. The van der Waals surface area contributed by atoms with E-state index in [1.54, 1.807) is 6.07 Å². The molecule has 0 unspecified atom stereocenters. The van der Waals surface area contributed by atoms with Crippen molar-refractivity contribution in [3.8, 4) is 0 Å². The number of carbonyl (C=O) groups is 2. The van der Waals surface area contributed by atoms with Gasteiger partial charge in [-0.1, -0.05) is 29.8 Å². The Morgan fingerprint density at radius 2 is 2.09 bits per heavy atom. The molecular weight excluding hydrogens is 318 g/mol. The molecule has 8 heteroatoms. The Morgan fingerprint density at radius 1 is 1.30 bits per heavy atom. The first-order valence-electron chi connectivity index (χ1n) is 7.50. The number of hydrogen-bond donors (Lipinski definition) is 1. The second kappa shape index (κ2) is 5.93. The molecular formula is C15H19N3O4S. The zero-order valence-corrected chi connectivity index (χ0v) is 13.7. The van der Waals surface area contributed by atoms with Gasteiger partial charge in [0.05, 0.1) is 18.3 Å². The van der Waals surface area contributed by atoms with Gasteiger partial charge in [-0.15, -0.1) is 0 Å². The maximum Gasteiger partial charge on any atom is 0.324 e. The summed E-state index contributed by atoms with van der Waals surface area (Å²) in [6.07, 6.45) is 0.478. The molecule has 1 aromatic carbocycles. The van der Waals surface area contributed by atoms with Gasteiger partial charge in [-0.2, -0.15) is 4.31 Å². The predicted molar refractivity (Wildman–Crippen MR) is 84.0 cm³/mol. The van der Waals surface area contributed by atoms with Crippen LogP contribution in [0.4, 0.5) is 4.79 Å². The fourth-order valence-corrected chi connectivity index (χ4v) is 4.65. The van der Waals surface area contributed by atoms with Gasteiger partial charge in [-0.05, 0) is 18.9 Å². The van der Waals surface area contributed by atoms with Crippen LogP contribution in [0.2, 0.25) is 0 Å². The fourth-order valence-electron chi connectivity index (χ4n) is 3.08. The highest BCUT2D eigenvalue weighted by Crippen LogP contribution is 2.23. The Bertz CT molecular complexity index is 731. The van der Waals surface area contributed by atoms with E-state index in [0.717, 1.165) is 16.0 Å². The molecule has 1 aromatic rings. The zero-order valence-electron chi connectivity index (χ0n) is 12.9. The van der Waals surface area contributed by atoms with Crippen molar-refractivity contribution in [1.29, 1.82) is 0 Å². The van der Waals surface area contributed by atoms with Crippen molar-refractivity contribution in [2.24, 2.45) is 0 Å². The number of nitrogens with one attached hydrogen (secondary N) is 1. The third-order valence-electron chi connectivity index (χ3n) is 4.19. The second-order valence-corrected chi connectivity index (χ2v) is 7.94. The average Bonchev–Trinajstić information content (AvgIpc) is 3.06. The van der Waals surface area contributed by atoms with Gasteiger partial charge in [0.15, 0.2) is 0 Å². The van der Waals surface area contributed by atoms with Gasteiger partial charge in [0.25, 0.3) is 0 Å². The van der Waals surface area contributed by atoms with Crippen LogP contribution in [0.5, 0.6) is 0 Å². The molecule has 1 N–H and O–H groups in total. The summed E-state index contributed by atoms with van der Waals surface area (Å²) in [5, 5.41) is 2.47. The number of rotatable bonds is 4. The summed E-state index contributed by atoms with van der Waals surface area (Å²) in [7, 11) is -3.46. The normalized spacial score (nSPS) is 22.7. The van der Waals surface area contributed by atoms with Crippen molar-refractivity contribution in [3.05, 3.63) is 35.4 Å². The summed E-state index contributed by atoms with van der Waals surface area (Å²) in [5.74, 6) is -0.361. The molecule has 2 aliphatic heterocycles. The van der Waals surface area contributed by atoms with Gasteiger partial charge < -0.3 is 5.32 Å². The monoisotopic (exact) mass is 337 g/mol. The van der Waals surface area contributed by atoms with Crippen molar-refractivity contribution in [1.82, 2.24) is 14.5 Å². The van der Waals surface area contributed by atoms with E-state index in [9.17, 15) is 18.0 Å². The third-order valence-corrected chi connectivity index (χ3v) is 6.01. The van der Waals surface area contributed by atoms with Crippen LogP contribution in [0.3, 0.4) is 0 Å². The van der Waals surface area contributed by atoms with E-state index in [2.05, 4.69) is 5.32 Å². The Morgan fingerprint density at radius 3 is 2.74 bits per heavy atom. The van der Waals surface area contributed by atoms with E-state index in [1.807, 2.05) is 25.1 Å². The van der Waals surface area contributed by atoms with E-state index in [4.69, 9.17) is 0 Å². The maximum absolute atomic E-state index is 12.6. The third kappa shape index (κ3) is 3.23. The summed E-state index contributed by atoms with van der Waals surface area (Å²) in [5.41, 5.74) is 1.75. The lowest BCUT2D eigenvalue weighted by molar-refractivity contribution is -0.126. The molecule has 2 aliphatic rings. The van der Waals surface area contributed by atoms with Crippen LogP contribution < -0.4 is 5.32 Å². The lowest BCUT2D eigenvalue weighted by Crippen LogP contribution is -2.43. The topological polar surface area (TPSA) is 86.8 Å². The first-order chi connectivity index (χ1) is 10.9. The average molecular weight is 337 g/mol. The quantitative estimate of drug-likeness (QED) is 0.808. The smallest absolute Gasteiger partial charge is 0.324 e. The molecule has 0 saturated carbocycles. The molecule has 2 saturated heterocycles. The number of amides is 3. The highest BCUT2D eigenvalue weighted by molar-refractivity contribution is 7.88. The number of sulfonamides is 1. The minimum Gasteiger partial charge on any atom is -0.329 e. The lowest BCUT2D eigenvalue weighted by atomic mass is 10.2. The maximum atomic E-state index is 12.6. The van der Waals surface area contributed by atoms with Crippen molar-refractivity contribution < 1.29 is 18.0 Å². The van der Waals surface area contributed by atoms with E-state index in [0.29, 0.717) is 13.0 Å². The molecule has 7 nitrogen and oxygen atoms in total. The predicted octanol–water partition coefficient (Wildman–Crippen LogP) is 0.451. The van der Waals surface area contributed by atoms with Gasteiger partial charge in [-0.3, -0.25) is 9.69 Å². The Kier molecular flexibility index (Phi) is 4.11. The molecule has 23 heavy (non-hydrogen) atoms. The van der Waals surface area contributed by atoms with Crippen LogP contribution in [-0.4, -0.2) is 55.2 Å². The Balaban J connectivity index is 1.70. The number of hydrogen-bond acceptors (Lipinski definition) is 4. The molecule has 3 rings (SSSR count). The van der Waals surface area contributed by atoms with Crippen LogP contribution in [0.15, 0.2) is 24.3 Å². The SMILES string of the molecule is Cc1cccc(CS(=O)(=O)N2CC[C@H](N3C(=O)CNC3=O)C2)c1. The van der Waals surface area contributed by atoms with Crippen molar-refractivity contribution in [3.63, 3.8) is 0 Å². The number of imide groups is 1. The molecule has 2 fully saturated rings. The molecule has 0 bridgehead atoms. The number of nitrogens with zero attached hydrogens (tertiary/aromatic N) is 2. The zero-order chi connectivity index (χ0) is 16.6. The summed E-state index contributed by atoms with van der Waals surface area (Å²) in [6, 6.07) is 6.58.